The standard InChI is InChI=1S/C18H15N5O3S/c1-21-18-23-16-14(27-18)13-12(17(24)22-16)11(9(7-19)15(20)26-13)8-5-3-4-6-10(8)25-2/h3-6,11H,20H2,1-2H3,(H2,21,22,23,24). The summed E-state index contributed by atoms with van der Waals surface area (Å²) in [4.78, 5) is 20.0. The lowest BCUT2D eigenvalue weighted by Crippen LogP contribution is -2.27. The Morgan fingerprint density at radius 3 is 2.93 bits per heavy atom. The molecule has 136 valence electrons. The van der Waals surface area contributed by atoms with E-state index in [2.05, 4.69) is 21.4 Å². The van der Waals surface area contributed by atoms with Gasteiger partial charge >= 0.3 is 0 Å². The van der Waals surface area contributed by atoms with E-state index >= 15 is 0 Å². The summed E-state index contributed by atoms with van der Waals surface area (Å²) in [5.74, 6) is 0.131. The second-order valence-corrected chi connectivity index (χ2v) is 6.81. The number of thiazole rings is 1. The molecular formula is C18H15N5O3S. The molecule has 8 nitrogen and oxygen atoms in total. The van der Waals surface area contributed by atoms with Gasteiger partial charge in [0, 0.05) is 12.6 Å². The Morgan fingerprint density at radius 1 is 1.44 bits per heavy atom. The van der Waals surface area contributed by atoms with Crippen LogP contribution in [0.1, 0.15) is 17.0 Å². The normalized spacial score (nSPS) is 15.8. The molecule has 0 saturated heterocycles. The highest BCUT2D eigenvalue weighted by atomic mass is 32.1. The van der Waals surface area contributed by atoms with Gasteiger partial charge in [-0.3, -0.25) is 4.79 Å². The van der Waals surface area contributed by atoms with Gasteiger partial charge in [-0.25, -0.2) is 4.98 Å². The van der Waals surface area contributed by atoms with E-state index in [1.807, 2.05) is 12.1 Å². The van der Waals surface area contributed by atoms with E-state index in [9.17, 15) is 10.1 Å². The van der Waals surface area contributed by atoms with Crippen LogP contribution in [0.2, 0.25) is 0 Å². The van der Waals surface area contributed by atoms with Gasteiger partial charge in [-0.05, 0) is 6.07 Å². The minimum Gasteiger partial charge on any atom is -0.496 e. The number of hydrogen-bond acceptors (Lipinski definition) is 8. The fourth-order valence-corrected chi connectivity index (χ4v) is 4.09. The van der Waals surface area contributed by atoms with Crippen LogP contribution in [0.3, 0.4) is 0 Å². The molecule has 4 N–H and O–H groups in total. The van der Waals surface area contributed by atoms with Crippen LogP contribution in [0.5, 0.6) is 11.5 Å². The molecule has 0 amide bonds. The number of methoxy groups -OCH3 is 1. The molecule has 3 heterocycles. The summed E-state index contributed by atoms with van der Waals surface area (Å²) in [6.07, 6.45) is 0. The number of nitrogens with zero attached hydrogens (tertiary/aromatic N) is 2. The van der Waals surface area contributed by atoms with Gasteiger partial charge in [-0.1, -0.05) is 29.5 Å². The van der Waals surface area contributed by atoms with E-state index in [1.165, 1.54) is 18.4 Å². The van der Waals surface area contributed by atoms with Crippen LogP contribution in [0.15, 0.2) is 40.5 Å². The summed E-state index contributed by atoms with van der Waals surface area (Å²) in [7, 11) is 3.27. The topological polar surface area (TPSA) is 126 Å². The summed E-state index contributed by atoms with van der Waals surface area (Å²) in [6.45, 7) is 0. The predicted octanol–water partition coefficient (Wildman–Crippen LogP) is 2.25. The summed E-state index contributed by atoms with van der Waals surface area (Å²) in [5, 5.41) is 13.3. The number of allylic oxidation sites excluding steroid dienone is 1. The van der Waals surface area contributed by atoms with E-state index in [1.54, 1.807) is 19.2 Å². The second-order valence-electron chi connectivity index (χ2n) is 5.81. The van der Waals surface area contributed by atoms with Gasteiger partial charge in [0.05, 0.1) is 18.6 Å². The molecule has 0 spiro atoms. The maximum Gasteiger partial charge on any atom is 0.257 e. The Morgan fingerprint density at radius 2 is 2.22 bits per heavy atom. The smallest absolute Gasteiger partial charge is 0.257 e. The lowest BCUT2D eigenvalue weighted by Gasteiger charge is -2.26. The molecule has 1 atom stereocenters. The third-order valence-corrected chi connectivity index (χ3v) is 5.47. The average molecular weight is 381 g/mol. The van der Waals surface area contributed by atoms with Crippen molar-refractivity contribution in [1.82, 2.24) is 9.97 Å². The molecule has 27 heavy (non-hydrogen) atoms. The van der Waals surface area contributed by atoms with Crippen LogP contribution in [0.4, 0.5) is 5.13 Å². The number of rotatable bonds is 3. The van der Waals surface area contributed by atoms with Gasteiger partial charge in [0.1, 0.15) is 22.1 Å². The Labute approximate surface area is 157 Å². The maximum absolute atomic E-state index is 12.9. The number of para-hydroxylation sites is 1. The molecule has 3 aromatic rings. The number of nitriles is 1. The SMILES string of the molecule is CNc1nc2[nH]c(=O)c3c(c2s1)OC(N)=C(C#N)C3c1ccccc1OC. The van der Waals surface area contributed by atoms with E-state index in [4.69, 9.17) is 15.2 Å². The molecule has 4 rings (SSSR count). The van der Waals surface area contributed by atoms with Crippen molar-refractivity contribution in [3.63, 3.8) is 0 Å². The molecule has 0 aliphatic carbocycles. The summed E-state index contributed by atoms with van der Waals surface area (Å²) in [5.41, 5.74) is 7.20. The van der Waals surface area contributed by atoms with Crippen molar-refractivity contribution >= 4 is 26.8 Å². The molecule has 0 bridgehead atoms. The third kappa shape index (κ3) is 2.50. The maximum atomic E-state index is 12.9. The number of hydrogen-bond donors (Lipinski definition) is 3. The molecule has 1 aliphatic rings. The van der Waals surface area contributed by atoms with Gasteiger partial charge in [-0.2, -0.15) is 5.26 Å². The van der Waals surface area contributed by atoms with Crippen molar-refractivity contribution in [3.8, 4) is 17.6 Å². The molecular weight excluding hydrogens is 366 g/mol. The second kappa shape index (κ2) is 6.34. The number of nitrogens with two attached hydrogens (primary N) is 1. The van der Waals surface area contributed by atoms with Gasteiger partial charge in [0.2, 0.25) is 5.88 Å². The number of fused-ring (bicyclic) bond motifs is 3. The molecule has 0 saturated carbocycles. The minimum absolute atomic E-state index is 0.0350. The third-order valence-electron chi connectivity index (χ3n) is 4.39. The van der Waals surface area contributed by atoms with Gasteiger partial charge in [0.25, 0.3) is 5.56 Å². The highest BCUT2D eigenvalue weighted by Crippen LogP contribution is 2.46. The van der Waals surface area contributed by atoms with E-state index < -0.39 is 5.92 Å². The molecule has 2 aromatic heterocycles. The van der Waals surface area contributed by atoms with Crippen molar-refractivity contribution in [2.24, 2.45) is 5.73 Å². The molecule has 0 radical (unpaired) electrons. The largest absolute Gasteiger partial charge is 0.496 e. The minimum atomic E-state index is -0.705. The van der Waals surface area contributed by atoms with Crippen LogP contribution in [-0.4, -0.2) is 24.1 Å². The Kier molecular flexibility index (Phi) is 3.97. The first kappa shape index (κ1) is 16.9. The van der Waals surface area contributed by atoms with Crippen molar-refractivity contribution in [2.75, 3.05) is 19.5 Å². The van der Waals surface area contributed by atoms with E-state index in [-0.39, 0.29) is 17.0 Å². The van der Waals surface area contributed by atoms with Crippen LogP contribution >= 0.6 is 11.3 Å². The number of pyridine rings is 1. The molecule has 1 aromatic carbocycles. The van der Waals surface area contributed by atoms with Crippen molar-refractivity contribution in [1.29, 1.82) is 5.26 Å². The molecule has 1 unspecified atom stereocenters. The lowest BCUT2D eigenvalue weighted by molar-refractivity contribution is 0.389. The first-order valence-corrected chi connectivity index (χ1v) is 8.85. The first-order chi connectivity index (χ1) is 13.1. The number of H-pyrrole nitrogens is 1. The molecule has 9 heteroatoms. The summed E-state index contributed by atoms with van der Waals surface area (Å²) < 4.78 is 11.8. The van der Waals surface area contributed by atoms with Crippen molar-refractivity contribution < 1.29 is 9.47 Å². The van der Waals surface area contributed by atoms with Crippen molar-refractivity contribution in [2.45, 2.75) is 5.92 Å². The highest BCUT2D eigenvalue weighted by Gasteiger charge is 2.36. The Hall–Kier alpha value is -3.51. The first-order valence-electron chi connectivity index (χ1n) is 8.04. The van der Waals surface area contributed by atoms with Gasteiger partial charge in [-0.15, -0.1) is 0 Å². The molecule has 1 aliphatic heterocycles. The number of aromatic nitrogens is 2. The zero-order valence-corrected chi connectivity index (χ0v) is 15.3. The number of nitrogens with one attached hydrogen (secondary N) is 2. The highest BCUT2D eigenvalue weighted by molar-refractivity contribution is 7.22. The van der Waals surface area contributed by atoms with Gasteiger partial charge in [0.15, 0.2) is 16.5 Å². The Balaban J connectivity index is 2.08. The predicted molar refractivity (Wildman–Crippen MR) is 102 cm³/mol. The lowest BCUT2D eigenvalue weighted by atomic mass is 9.83. The zero-order valence-electron chi connectivity index (χ0n) is 14.5. The van der Waals surface area contributed by atoms with Crippen LogP contribution in [-0.2, 0) is 0 Å². The number of anilines is 1. The Bertz CT molecular complexity index is 1190. The van der Waals surface area contributed by atoms with Crippen LogP contribution in [0.25, 0.3) is 10.3 Å². The quantitative estimate of drug-likeness (QED) is 0.635. The monoisotopic (exact) mass is 381 g/mol. The summed E-state index contributed by atoms with van der Waals surface area (Å²) >= 11 is 1.33. The number of ether oxygens (including phenoxy) is 2. The van der Waals surface area contributed by atoms with Crippen LogP contribution < -0.4 is 26.1 Å². The fraction of sp³-hybridized carbons (Fsp3) is 0.167. The zero-order chi connectivity index (χ0) is 19.1. The average Bonchev–Trinajstić information content (AvgIpc) is 3.10. The number of benzene rings is 1. The number of aromatic amines is 1. The molecule has 0 fully saturated rings. The van der Waals surface area contributed by atoms with E-state index in [0.29, 0.717) is 38.1 Å². The summed E-state index contributed by atoms with van der Waals surface area (Å²) in [6, 6.07) is 9.29. The van der Waals surface area contributed by atoms with Crippen molar-refractivity contribution in [3.05, 3.63) is 57.2 Å². The van der Waals surface area contributed by atoms with Gasteiger partial charge < -0.3 is 25.5 Å². The van der Waals surface area contributed by atoms with E-state index in [0.717, 1.165) is 0 Å². The fourth-order valence-electron chi connectivity index (χ4n) is 3.22. The van der Waals surface area contributed by atoms with Crippen LogP contribution in [0, 0.1) is 11.3 Å².